The first-order valence-corrected chi connectivity index (χ1v) is 12.7. The molecule has 1 aliphatic heterocycles. The fourth-order valence-corrected chi connectivity index (χ4v) is 4.73. The van der Waals surface area contributed by atoms with E-state index in [1.54, 1.807) is 6.07 Å². The minimum atomic E-state index is -0.448. The van der Waals surface area contributed by atoms with Gasteiger partial charge in [-0.2, -0.15) is 0 Å². The van der Waals surface area contributed by atoms with Gasteiger partial charge in [-0.15, -0.1) is 0 Å². The Hall–Kier alpha value is -3.97. The Labute approximate surface area is 218 Å². The summed E-state index contributed by atoms with van der Waals surface area (Å²) in [7, 11) is 0. The monoisotopic (exact) mass is 498 g/mol. The zero-order valence-corrected chi connectivity index (χ0v) is 21.8. The van der Waals surface area contributed by atoms with E-state index in [0.717, 1.165) is 30.9 Å². The largest absolute Gasteiger partial charge is 0.354 e. The van der Waals surface area contributed by atoms with Crippen LogP contribution in [0.2, 0.25) is 0 Å². The summed E-state index contributed by atoms with van der Waals surface area (Å²) in [5, 5.41) is 17.7. The first-order valence-electron chi connectivity index (χ1n) is 12.7. The van der Waals surface area contributed by atoms with Crippen LogP contribution in [-0.2, 0) is 11.3 Å². The summed E-state index contributed by atoms with van der Waals surface area (Å²) in [6.07, 6.45) is 0. The molecule has 1 aliphatic rings. The van der Waals surface area contributed by atoms with E-state index in [1.807, 2.05) is 42.5 Å². The number of nitrogens with one attached hydrogen (secondary N) is 2. The van der Waals surface area contributed by atoms with Crippen molar-refractivity contribution in [2.45, 2.75) is 34.2 Å². The van der Waals surface area contributed by atoms with Crippen LogP contribution in [0.4, 0.5) is 17.1 Å². The van der Waals surface area contributed by atoms with E-state index >= 15 is 0 Å². The van der Waals surface area contributed by atoms with Crippen LogP contribution in [0.15, 0.2) is 72.8 Å². The maximum Gasteiger partial charge on any atom is 0.270 e. The molecule has 2 N–H and O–H groups in total. The molecule has 37 heavy (non-hydrogen) atoms. The van der Waals surface area contributed by atoms with Crippen LogP contribution in [0.3, 0.4) is 0 Å². The number of rotatable bonds is 10. The summed E-state index contributed by atoms with van der Waals surface area (Å²) in [6.45, 7) is 11.9. The number of benzene rings is 3. The summed E-state index contributed by atoms with van der Waals surface area (Å²) in [5.74, 6) is 0.892. The molecule has 7 nitrogen and oxygen atoms in total. The lowest BCUT2D eigenvalue weighted by molar-refractivity contribution is -0.384. The number of nitro groups is 1. The Morgan fingerprint density at radius 1 is 0.946 bits per heavy atom. The van der Waals surface area contributed by atoms with E-state index in [9.17, 15) is 14.9 Å². The molecule has 0 saturated carbocycles. The Morgan fingerprint density at radius 3 is 2.19 bits per heavy atom. The highest BCUT2D eigenvalue weighted by Gasteiger charge is 2.30. The fourth-order valence-electron chi connectivity index (χ4n) is 4.73. The van der Waals surface area contributed by atoms with Crippen molar-refractivity contribution in [3.05, 3.63) is 99.6 Å². The number of non-ortho nitro benzene ring substituents is 1. The van der Waals surface area contributed by atoms with Crippen molar-refractivity contribution >= 4 is 34.2 Å². The second-order valence-electron chi connectivity index (χ2n) is 10.4. The number of carbonyl (C=O) groups excluding carboxylic acids is 1. The van der Waals surface area contributed by atoms with E-state index in [-0.39, 0.29) is 11.6 Å². The van der Waals surface area contributed by atoms with Gasteiger partial charge in [-0.25, -0.2) is 0 Å². The molecule has 3 aromatic carbocycles. The van der Waals surface area contributed by atoms with Gasteiger partial charge in [0.15, 0.2) is 0 Å². The topological polar surface area (TPSA) is 87.5 Å². The molecule has 0 aliphatic carbocycles. The standard InChI is InChI=1S/C30H34N4O3/c1-20(2)17-33(18-21(3)4)19-22-10-12-24(13-11-22)31-29(23-8-6-5-7-9-23)28-26-16-25(34(36)37)14-15-27(26)32-30(28)35/h5-16,20-21,31H,17-19H2,1-4H3,(H,32,35). The molecule has 1 heterocycles. The molecule has 0 saturated heterocycles. The lowest BCUT2D eigenvalue weighted by atomic mass is 9.99. The van der Waals surface area contributed by atoms with Crippen LogP contribution in [-0.4, -0.2) is 28.8 Å². The van der Waals surface area contributed by atoms with Crippen LogP contribution in [0, 0.1) is 22.0 Å². The van der Waals surface area contributed by atoms with Gasteiger partial charge in [-0.3, -0.25) is 19.8 Å². The highest BCUT2D eigenvalue weighted by atomic mass is 16.6. The maximum absolute atomic E-state index is 13.1. The molecule has 7 heteroatoms. The molecule has 0 spiro atoms. The van der Waals surface area contributed by atoms with Gasteiger partial charge in [0, 0.05) is 48.7 Å². The average molecular weight is 499 g/mol. The van der Waals surface area contributed by atoms with Gasteiger partial charge >= 0.3 is 0 Å². The summed E-state index contributed by atoms with van der Waals surface area (Å²) >= 11 is 0. The van der Waals surface area contributed by atoms with E-state index in [1.165, 1.54) is 17.7 Å². The third kappa shape index (κ3) is 6.43. The van der Waals surface area contributed by atoms with E-state index < -0.39 is 4.92 Å². The van der Waals surface area contributed by atoms with Crippen molar-refractivity contribution < 1.29 is 9.72 Å². The number of amides is 1. The van der Waals surface area contributed by atoms with Gasteiger partial charge in [-0.05, 0) is 41.2 Å². The molecule has 0 atom stereocenters. The molecule has 0 bridgehead atoms. The van der Waals surface area contributed by atoms with E-state index in [0.29, 0.717) is 34.4 Å². The average Bonchev–Trinajstić information content (AvgIpc) is 3.18. The zero-order chi connectivity index (χ0) is 26.5. The number of carbonyl (C=O) groups is 1. The van der Waals surface area contributed by atoms with Gasteiger partial charge in [0.25, 0.3) is 11.6 Å². The third-order valence-corrected chi connectivity index (χ3v) is 6.15. The van der Waals surface area contributed by atoms with Gasteiger partial charge in [0.05, 0.1) is 16.2 Å². The number of hydrogen-bond acceptors (Lipinski definition) is 5. The van der Waals surface area contributed by atoms with Crippen molar-refractivity contribution in [2.75, 3.05) is 23.7 Å². The molecule has 1 amide bonds. The normalized spacial score (nSPS) is 14.2. The SMILES string of the molecule is CC(C)CN(Cc1ccc(NC(=C2C(=O)Nc3ccc([N+](=O)[O-])cc32)c2ccccc2)cc1)CC(C)C. The minimum absolute atomic E-state index is 0.0585. The lowest BCUT2D eigenvalue weighted by Crippen LogP contribution is -2.30. The quantitative estimate of drug-likeness (QED) is 0.186. The van der Waals surface area contributed by atoms with Gasteiger partial charge in [0.1, 0.15) is 0 Å². The highest BCUT2D eigenvalue weighted by molar-refractivity contribution is 6.37. The number of nitro benzene ring substituents is 1. The maximum atomic E-state index is 13.1. The second kappa shape index (κ2) is 11.4. The Balaban J connectivity index is 1.67. The first kappa shape index (κ1) is 26.1. The van der Waals surface area contributed by atoms with Crippen molar-refractivity contribution in [1.82, 2.24) is 4.90 Å². The van der Waals surface area contributed by atoms with Crippen LogP contribution >= 0.6 is 0 Å². The number of hydrogen-bond donors (Lipinski definition) is 2. The van der Waals surface area contributed by atoms with Crippen molar-refractivity contribution in [3.63, 3.8) is 0 Å². The number of fused-ring (bicyclic) bond motifs is 1. The summed E-state index contributed by atoms with van der Waals surface area (Å²) in [4.78, 5) is 26.5. The van der Waals surface area contributed by atoms with E-state index in [2.05, 4.69) is 55.4 Å². The molecule has 3 aromatic rings. The summed E-state index contributed by atoms with van der Waals surface area (Å²) in [6, 6.07) is 22.2. The molecular formula is C30H34N4O3. The minimum Gasteiger partial charge on any atom is -0.354 e. The predicted molar refractivity (Wildman–Crippen MR) is 150 cm³/mol. The summed E-state index contributed by atoms with van der Waals surface area (Å²) < 4.78 is 0. The van der Waals surface area contributed by atoms with Crippen molar-refractivity contribution in [3.8, 4) is 0 Å². The Morgan fingerprint density at radius 2 is 1.59 bits per heavy atom. The Kier molecular flexibility index (Phi) is 8.04. The number of nitrogens with zero attached hydrogens (tertiary/aromatic N) is 2. The van der Waals surface area contributed by atoms with Gasteiger partial charge in [0.2, 0.25) is 0 Å². The van der Waals surface area contributed by atoms with Crippen LogP contribution < -0.4 is 10.6 Å². The van der Waals surface area contributed by atoms with Gasteiger partial charge < -0.3 is 10.6 Å². The van der Waals surface area contributed by atoms with Crippen molar-refractivity contribution in [1.29, 1.82) is 0 Å². The first-order chi connectivity index (χ1) is 17.7. The van der Waals surface area contributed by atoms with Crippen LogP contribution in [0.1, 0.15) is 44.4 Å². The summed E-state index contributed by atoms with van der Waals surface area (Å²) in [5.41, 5.74) is 4.88. The van der Waals surface area contributed by atoms with Crippen LogP contribution in [0.5, 0.6) is 0 Å². The smallest absolute Gasteiger partial charge is 0.270 e. The Bertz CT molecular complexity index is 1290. The zero-order valence-electron chi connectivity index (χ0n) is 21.8. The number of anilines is 2. The highest BCUT2D eigenvalue weighted by Crippen LogP contribution is 2.39. The van der Waals surface area contributed by atoms with Gasteiger partial charge in [-0.1, -0.05) is 70.2 Å². The lowest BCUT2D eigenvalue weighted by Gasteiger charge is -2.26. The van der Waals surface area contributed by atoms with E-state index in [4.69, 9.17) is 0 Å². The molecule has 0 unspecified atom stereocenters. The molecule has 0 aromatic heterocycles. The fraction of sp³-hybridized carbons (Fsp3) is 0.300. The molecular weight excluding hydrogens is 464 g/mol. The third-order valence-electron chi connectivity index (χ3n) is 6.15. The molecule has 192 valence electrons. The van der Waals surface area contributed by atoms with Crippen LogP contribution in [0.25, 0.3) is 11.3 Å². The molecule has 4 rings (SSSR count). The molecule has 0 radical (unpaired) electrons. The second-order valence-corrected chi connectivity index (χ2v) is 10.4. The van der Waals surface area contributed by atoms with Crippen molar-refractivity contribution in [2.24, 2.45) is 11.8 Å². The predicted octanol–water partition coefficient (Wildman–Crippen LogP) is 6.64. The molecule has 0 fully saturated rings.